The van der Waals surface area contributed by atoms with Crippen molar-refractivity contribution in [3.05, 3.63) is 29.8 Å². The van der Waals surface area contributed by atoms with Gasteiger partial charge in [-0.05, 0) is 37.0 Å². The molecule has 1 aromatic rings. The third-order valence-corrected chi connectivity index (χ3v) is 6.35. The van der Waals surface area contributed by atoms with Crippen molar-refractivity contribution in [1.29, 1.82) is 0 Å². The molecule has 156 valence electrons. The number of hydrogen-bond donors (Lipinski definition) is 1. The number of ether oxygens (including phenoxy) is 2. The van der Waals surface area contributed by atoms with Crippen LogP contribution in [0.4, 0.5) is 0 Å². The molecule has 3 aliphatic rings. The summed E-state index contributed by atoms with van der Waals surface area (Å²) in [6, 6.07) is 6.76. The van der Waals surface area contributed by atoms with Crippen molar-refractivity contribution >= 4 is 17.7 Å². The molecule has 1 aromatic carbocycles. The molecule has 0 unspecified atom stereocenters. The van der Waals surface area contributed by atoms with Crippen molar-refractivity contribution < 1.29 is 23.9 Å². The first kappa shape index (κ1) is 19.7. The second kappa shape index (κ2) is 8.02. The van der Waals surface area contributed by atoms with Crippen molar-refractivity contribution in [2.24, 2.45) is 17.6 Å². The molecular formula is C21H27N3O5. The minimum atomic E-state index is -0.476. The quantitative estimate of drug-likeness (QED) is 0.801. The van der Waals surface area contributed by atoms with E-state index in [-0.39, 0.29) is 30.3 Å². The van der Waals surface area contributed by atoms with E-state index in [1.165, 1.54) is 0 Å². The van der Waals surface area contributed by atoms with Crippen molar-refractivity contribution in [3.63, 3.8) is 0 Å². The van der Waals surface area contributed by atoms with E-state index >= 15 is 0 Å². The van der Waals surface area contributed by atoms with Gasteiger partial charge in [0, 0.05) is 25.7 Å². The highest BCUT2D eigenvalue weighted by Gasteiger charge is 2.50. The Morgan fingerprint density at radius 1 is 1.17 bits per heavy atom. The smallest absolute Gasteiger partial charge is 0.243 e. The maximum Gasteiger partial charge on any atom is 0.243 e. The fraction of sp³-hybridized carbons (Fsp3) is 0.571. The van der Waals surface area contributed by atoms with Gasteiger partial charge in [0.15, 0.2) is 0 Å². The first-order valence-electron chi connectivity index (χ1n) is 10.1. The van der Waals surface area contributed by atoms with Crippen LogP contribution in [0.2, 0.25) is 0 Å². The fourth-order valence-corrected chi connectivity index (χ4v) is 4.88. The fourth-order valence-electron chi connectivity index (χ4n) is 4.88. The molecule has 4 rings (SSSR count). The number of carbonyl (C=O) groups excluding carboxylic acids is 3. The predicted octanol–water partition coefficient (Wildman–Crippen LogP) is 0.708. The lowest BCUT2D eigenvalue weighted by Crippen LogP contribution is -2.57. The normalized spacial score (nSPS) is 27.6. The Bertz CT molecular complexity index is 790. The van der Waals surface area contributed by atoms with E-state index in [1.807, 2.05) is 24.3 Å². The molecule has 2 N–H and O–H groups in total. The van der Waals surface area contributed by atoms with Gasteiger partial charge in [0.25, 0.3) is 0 Å². The summed E-state index contributed by atoms with van der Waals surface area (Å²) in [6.07, 6.45) is 1.85. The van der Waals surface area contributed by atoms with Gasteiger partial charge in [-0.3, -0.25) is 14.4 Å². The molecule has 3 heterocycles. The number of nitrogens with zero attached hydrogens (tertiary/aromatic N) is 2. The number of nitrogens with two attached hydrogens (primary N) is 1. The van der Waals surface area contributed by atoms with Crippen LogP contribution >= 0.6 is 0 Å². The molecule has 3 saturated heterocycles. The van der Waals surface area contributed by atoms with Crippen molar-refractivity contribution in [1.82, 2.24) is 9.80 Å². The molecule has 3 amide bonds. The molecule has 8 heteroatoms. The third kappa shape index (κ3) is 3.69. The second-order valence-corrected chi connectivity index (χ2v) is 8.02. The molecule has 8 nitrogen and oxygen atoms in total. The second-order valence-electron chi connectivity index (χ2n) is 8.02. The van der Waals surface area contributed by atoms with Crippen LogP contribution in [-0.4, -0.2) is 67.0 Å². The highest BCUT2D eigenvalue weighted by molar-refractivity contribution is 5.89. The summed E-state index contributed by atoms with van der Waals surface area (Å²) in [4.78, 5) is 41.6. The van der Waals surface area contributed by atoms with E-state index in [2.05, 4.69) is 0 Å². The van der Waals surface area contributed by atoms with Gasteiger partial charge < -0.3 is 25.0 Å². The summed E-state index contributed by atoms with van der Waals surface area (Å²) < 4.78 is 10.5. The number of hydrogen-bond acceptors (Lipinski definition) is 5. The van der Waals surface area contributed by atoms with Crippen LogP contribution in [0.25, 0.3) is 0 Å². The summed E-state index contributed by atoms with van der Waals surface area (Å²) >= 11 is 0. The first-order chi connectivity index (χ1) is 14.0. The average Bonchev–Trinajstić information content (AvgIpc) is 3.14. The number of methoxy groups -OCH3 is 1. The van der Waals surface area contributed by atoms with Gasteiger partial charge in [-0.15, -0.1) is 0 Å². The zero-order valence-corrected chi connectivity index (χ0v) is 16.6. The number of amides is 3. The molecule has 3 atom stereocenters. The zero-order chi connectivity index (χ0) is 20.5. The molecular weight excluding hydrogens is 374 g/mol. The van der Waals surface area contributed by atoms with Crippen LogP contribution in [0, 0.1) is 11.8 Å². The maximum atomic E-state index is 13.1. The van der Waals surface area contributed by atoms with E-state index in [1.54, 1.807) is 16.9 Å². The number of carbonyl (C=O) groups is 3. The van der Waals surface area contributed by atoms with Crippen molar-refractivity contribution in [2.75, 3.05) is 33.4 Å². The van der Waals surface area contributed by atoms with Crippen LogP contribution in [0.15, 0.2) is 24.3 Å². The first-order valence-corrected chi connectivity index (χ1v) is 10.1. The standard InChI is InChI=1S/C21H27N3O5/c1-28-16-4-2-13(3-5-16)19-17(20(22)26)10-15-11-23(12-18(25)24(15)19)21(27)14-6-8-29-9-7-14/h2-5,14-15,17,19H,6-12H2,1H3,(H2,22,26)/t15-,17-,19-/m1/s1. The Hall–Kier alpha value is -2.61. The predicted molar refractivity (Wildman–Crippen MR) is 104 cm³/mol. The van der Waals surface area contributed by atoms with E-state index in [9.17, 15) is 14.4 Å². The summed E-state index contributed by atoms with van der Waals surface area (Å²) in [7, 11) is 1.59. The van der Waals surface area contributed by atoms with Crippen LogP contribution in [0.3, 0.4) is 0 Å². The zero-order valence-electron chi connectivity index (χ0n) is 16.6. The van der Waals surface area contributed by atoms with Crippen LogP contribution in [0.1, 0.15) is 30.9 Å². The number of rotatable bonds is 4. The van der Waals surface area contributed by atoms with Gasteiger partial charge in [0.1, 0.15) is 5.75 Å². The van der Waals surface area contributed by atoms with E-state index in [0.29, 0.717) is 44.8 Å². The monoisotopic (exact) mass is 401 g/mol. The van der Waals surface area contributed by atoms with E-state index < -0.39 is 17.9 Å². The van der Waals surface area contributed by atoms with Gasteiger partial charge >= 0.3 is 0 Å². The van der Waals surface area contributed by atoms with Crippen molar-refractivity contribution in [2.45, 2.75) is 31.3 Å². The molecule has 0 bridgehead atoms. The molecule has 29 heavy (non-hydrogen) atoms. The molecule has 0 aliphatic carbocycles. The van der Waals surface area contributed by atoms with Gasteiger partial charge in [-0.2, -0.15) is 0 Å². The summed E-state index contributed by atoms with van der Waals surface area (Å²) in [5.41, 5.74) is 6.55. The van der Waals surface area contributed by atoms with Gasteiger partial charge in [0.05, 0.1) is 31.7 Å². The third-order valence-electron chi connectivity index (χ3n) is 6.35. The average molecular weight is 401 g/mol. The SMILES string of the molecule is COc1ccc([C@@H]2[C@H](C(N)=O)C[C@@H]3CN(C(=O)C4CCOCC4)CC(=O)N32)cc1. The van der Waals surface area contributed by atoms with E-state index in [0.717, 1.165) is 5.56 Å². The molecule has 0 saturated carbocycles. The minimum Gasteiger partial charge on any atom is -0.497 e. The summed E-state index contributed by atoms with van der Waals surface area (Å²) in [6.45, 7) is 1.65. The Morgan fingerprint density at radius 3 is 2.48 bits per heavy atom. The summed E-state index contributed by atoms with van der Waals surface area (Å²) in [5, 5.41) is 0. The number of primary amides is 1. The lowest BCUT2D eigenvalue weighted by molar-refractivity contribution is -0.152. The molecule has 0 radical (unpaired) electrons. The topological polar surface area (TPSA) is 102 Å². The summed E-state index contributed by atoms with van der Waals surface area (Å²) in [5.74, 6) is -0.396. The van der Waals surface area contributed by atoms with Gasteiger partial charge in [-0.25, -0.2) is 0 Å². The Balaban J connectivity index is 1.56. The molecule has 3 fully saturated rings. The Kier molecular flexibility index (Phi) is 5.45. The van der Waals surface area contributed by atoms with Crippen molar-refractivity contribution in [3.8, 4) is 5.75 Å². The molecule has 0 spiro atoms. The van der Waals surface area contributed by atoms with Gasteiger partial charge in [0.2, 0.25) is 17.7 Å². The molecule has 3 aliphatic heterocycles. The van der Waals surface area contributed by atoms with E-state index in [4.69, 9.17) is 15.2 Å². The Morgan fingerprint density at radius 2 is 1.86 bits per heavy atom. The minimum absolute atomic E-state index is 0.0184. The number of piperazine rings is 1. The lowest BCUT2D eigenvalue weighted by atomic mass is 9.92. The number of benzene rings is 1. The molecule has 0 aromatic heterocycles. The van der Waals surface area contributed by atoms with Gasteiger partial charge in [-0.1, -0.05) is 12.1 Å². The van der Waals surface area contributed by atoms with Crippen LogP contribution in [0.5, 0.6) is 5.75 Å². The highest BCUT2D eigenvalue weighted by atomic mass is 16.5. The Labute approximate surface area is 169 Å². The highest BCUT2D eigenvalue weighted by Crippen LogP contribution is 2.43. The largest absolute Gasteiger partial charge is 0.497 e. The lowest BCUT2D eigenvalue weighted by Gasteiger charge is -2.41. The number of fused-ring (bicyclic) bond motifs is 1. The maximum absolute atomic E-state index is 13.1. The van der Waals surface area contributed by atoms with Crippen LogP contribution in [-0.2, 0) is 19.1 Å². The van der Waals surface area contributed by atoms with Crippen LogP contribution < -0.4 is 10.5 Å².